The molecule has 2 aromatic carbocycles. The van der Waals surface area contributed by atoms with Gasteiger partial charge in [0.15, 0.2) is 5.96 Å². The number of carbonyl (C=O) groups excluding carboxylic acids is 1. The molecule has 1 amide bonds. The van der Waals surface area contributed by atoms with Crippen LogP contribution in [0.3, 0.4) is 0 Å². The molecule has 2 aromatic rings. The molecule has 0 aromatic heterocycles. The first-order valence-corrected chi connectivity index (χ1v) is 8.31. The first kappa shape index (κ1) is 18.5. The lowest BCUT2D eigenvalue weighted by molar-refractivity contribution is 0.0827. The average molecular weight is 338 g/mol. The van der Waals surface area contributed by atoms with Crippen molar-refractivity contribution in [1.82, 2.24) is 4.90 Å². The number of carbonyl (C=O) groups is 1. The summed E-state index contributed by atoms with van der Waals surface area (Å²) in [5.41, 5.74) is 11.1. The van der Waals surface area contributed by atoms with Crippen molar-refractivity contribution in [2.24, 2.45) is 10.7 Å². The number of amides is 1. The molecule has 0 radical (unpaired) electrons. The maximum Gasteiger partial charge on any atom is 0.253 e. The van der Waals surface area contributed by atoms with Gasteiger partial charge in [0.25, 0.3) is 5.91 Å². The number of benzene rings is 2. The van der Waals surface area contributed by atoms with Crippen LogP contribution in [0, 0.1) is 13.8 Å². The van der Waals surface area contributed by atoms with E-state index in [0.29, 0.717) is 18.1 Å². The van der Waals surface area contributed by atoms with Crippen molar-refractivity contribution in [1.29, 1.82) is 0 Å². The fourth-order valence-electron chi connectivity index (χ4n) is 2.43. The van der Waals surface area contributed by atoms with Crippen LogP contribution >= 0.6 is 0 Å². The van der Waals surface area contributed by atoms with Gasteiger partial charge in [-0.15, -0.1) is 0 Å². The Hall–Kier alpha value is -2.82. The zero-order valence-corrected chi connectivity index (χ0v) is 15.3. The Bertz CT molecular complexity index is 781. The second-order valence-electron chi connectivity index (χ2n) is 6.34. The molecule has 0 bridgehead atoms. The van der Waals surface area contributed by atoms with Crippen LogP contribution in [0.4, 0.5) is 5.69 Å². The number of guanidine groups is 1. The topological polar surface area (TPSA) is 70.7 Å². The minimum atomic E-state index is 0.00118. The fourth-order valence-corrected chi connectivity index (χ4v) is 2.43. The Balaban J connectivity index is 1.94. The van der Waals surface area contributed by atoms with E-state index in [-0.39, 0.29) is 5.91 Å². The first-order valence-electron chi connectivity index (χ1n) is 8.31. The van der Waals surface area contributed by atoms with Crippen molar-refractivity contribution >= 4 is 17.6 Å². The Morgan fingerprint density at radius 3 is 2.56 bits per heavy atom. The molecule has 0 fully saturated rings. The normalized spacial score (nSPS) is 11.3. The van der Waals surface area contributed by atoms with Crippen molar-refractivity contribution in [3.63, 3.8) is 0 Å². The summed E-state index contributed by atoms with van der Waals surface area (Å²) in [5, 5.41) is 3.11. The van der Waals surface area contributed by atoms with Crippen LogP contribution in [-0.2, 0) is 6.42 Å². The SMILES string of the molecule is Cc1ccc(NC(N)=NCCc2cccc(C(=O)N(C)C)c2)cc1C. The molecule has 0 heterocycles. The third kappa shape index (κ3) is 5.35. The molecule has 25 heavy (non-hydrogen) atoms. The second kappa shape index (κ2) is 8.33. The summed E-state index contributed by atoms with van der Waals surface area (Å²) in [5.74, 6) is 0.394. The molecule has 2 rings (SSSR count). The molecule has 0 aliphatic heterocycles. The third-order valence-electron chi connectivity index (χ3n) is 4.04. The maximum atomic E-state index is 12.0. The van der Waals surface area contributed by atoms with Crippen LogP contribution in [0.25, 0.3) is 0 Å². The van der Waals surface area contributed by atoms with Gasteiger partial charge in [0.05, 0.1) is 0 Å². The molecule has 0 aliphatic rings. The molecular weight excluding hydrogens is 312 g/mol. The predicted octanol–water partition coefficient (Wildman–Crippen LogP) is 2.97. The lowest BCUT2D eigenvalue weighted by Gasteiger charge is -2.11. The summed E-state index contributed by atoms with van der Waals surface area (Å²) in [6, 6.07) is 13.7. The van der Waals surface area contributed by atoms with E-state index in [0.717, 1.165) is 17.7 Å². The number of anilines is 1. The van der Waals surface area contributed by atoms with Gasteiger partial charge in [-0.25, -0.2) is 0 Å². The van der Waals surface area contributed by atoms with E-state index < -0.39 is 0 Å². The van der Waals surface area contributed by atoms with E-state index in [1.165, 1.54) is 11.1 Å². The van der Waals surface area contributed by atoms with Crippen LogP contribution in [0.2, 0.25) is 0 Å². The van der Waals surface area contributed by atoms with Gasteiger partial charge in [-0.2, -0.15) is 0 Å². The highest BCUT2D eigenvalue weighted by molar-refractivity contribution is 5.94. The molecule has 0 spiro atoms. The van der Waals surface area contributed by atoms with E-state index >= 15 is 0 Å². The summed E-state index contributed by atoms with van der Waals surface area (Å²) < 4.78 is 0. The van der Waals surface area contributed by atoms with E-state index in [1.54, 1.807) is 19.0 Å². The molecule has 0 saturated heterocycles. The molecule has 5 nitrogen and oxygen atoms in total. The van der Waals surface area contributed by atoms with Crippen LogP contribution in [0.1, 0.15) is 27.0 Å². The molecule has 0 unspecified atom stereocenters. The zero-order chi connectivity index (χ0) is 18.4. The Morgan fingerprint density at radius 2 is 1.88 bits per heavy atom. The number of nitrogens with one attached hydrogen (secondary N) is 1. The minimum absolute atomic E-state index is 0.00118. The van der Waals surface area contributed by atoms with Gasteiger partial charge < -0.3 is 16.0 Å². The summed E-state index contributed by atoms with van der Waals surface area (Å²) in [6.07, 6.45) is 0.726. The molecular formula is C20H26N4O. The van der Waals surface area contributed by atoms with Crippen molar-refractivity contribution in [2.45, 2.75) is 20.3 Å². The van der Waals surface area contributed by atoms with Gasteiger partial charge in [-0.3, -0.25) is 9.79 Å². The predicted molar refractivity (Wildman–Crippen MR) is 104 cm³/mol. The number of rotatable bonds is 5. The van der Waals surface area contributed by atoms with Crippen LogP contribution in [0.5, 0.6) is 0 Å². The molecule has 0 atom stereocenters. The number of aliphatic imine (C=N–C) groups is 1. The maximum absolute atomic E-state index is 12.0. The number of nitrogens with zero attached hydrogens (tertiary/aromatic N) is 2. The third-order valence-corrected chi connectivity index (χ3v) is 4.04. The number of hydrogen-bond donors (Lipinski definition) is 2. The van der Waals surface area contributed by atoms with Crippen molar-refractivity contribution in [2.75, 3.05) is 26.0 Å². The number of nitrogens with two attached hydrogens (primary N) is 1. The zero-order valence-electron chi connectivity index (χ0n) is 15.3. The molecule has 5 heteroatoms. The lowest BCUT2D eigenvalue weighted by atomic mass is 10.1. The molecule has 132 valence electrons. The van der Waals surface area contributed by atoms with Crippen LogP contribution < -0.4 is 11.1 Å². The van der Waals surface area contributed by atoms with Gasteiger partial charge in [0.1, 0.15) is 0 Å². The van der Waals surface area contributed by atoms with Crippen molar-refractivity contribution in [3.05, 3.63) is 64.7 Å². The van der Waals surface area contributed by atoms with E-state index in [2.05, 4.69) is 30.2 Å². The van der Waals surface area contributed by atoms with Crippen molar-refractivity contribution < 1.29 is 4.79 Å². The van der Waals surface area contributed by atoms with Gasteiger partial charge in [-0.1, -0.05) is 18.2 Å². The number of aryl methyl sites for hydroxylation is 2. The molecule has 0 saturated carbocycles. The first-order chi connectivity index (χ1) is 11.9. The summed E-state index contributed by atoms with van der Waals surface area (Å²) in [6.45, 7) is 4.70. The lowest BCUT2D eigenvalue weighted by Crippen LogP contribution is -2.23. The molecule has 3 N–H and O–H groups in total. The fraction of sp³-hybridized carbons (Fsp3) is 0.300. The highest BCUT2D eigenvalue weighted by Gasteiger charge is 2.07. The van der Waals surface area contributed by atoms with E-state index in [4.69, 9.17) is 5.73 Å². The largest absolute Gasteiger partial charge is 0.370 e. The summed E-state index contributed by atoms with van der Waals surface area (Å²) in [7, 11) is 3.50. The van der Waals surface area contributed by atoms with Gasteiger partial charge >= 0.3 is 0 Å². The van der Waals surface area contributed by atoms with E-state index in [9.17, 15) is 4.79 Å². The molecule has 0 aliphatic carbocycles. The second-order valence-corrected chi connectivity index (χ2v) is 6.34. The minimum Gasteiger partial charge on any atom is -0.370 e. The highest BCUT2D eigenvalue weighted by atomic mass is 16.2. The van der Waals surface area contributed by atoms with Gasteiger partial charge in [0, 0.05) is 31.9 Å². The smallest absolute Gasteiger partial charge is 0.253 e. The van der Waals surface area contributed by atoms with Gasteiger partial charge in [-0.05, 0) is 61.2 Å². The van der Waals surface area contributed by atoms with Gasteiger partial charge in [0.2, 0.25) is 0 Å². The Morgan fingerprint density at radius 1 is 1.12 bits per heavy atom. The average Bonchev–Trinajstić information content (AvgIpc) is 2.57. The summed E-state index contributed by atoms with van der Waals surface area (Å²) in [4.78, 5) is 17.9. The quantitative estimate of drug-likeness (QED) is 0.650. The number of hydrogen-bond acceptors (Lipinski definition) is 2. The van der Waals surface area contributed by atoms with Crippen molar-refractivity contribution in [3.8, 4) is 0 Å². The Kier molecular flexibility index (Phi) is 6.17. The standard InChI is InChI=1S/C20H26N4O/c1-14-8-9-18(12-15(14)2)23-20(21)22-11-10-16-6-5-7-17(13-16)19(25)24(3)4/h5-9,12-13H,10-11H2,1-4H3,(H3,21,22,23). The Labute approximate surface area is 149 Å². The van der Waals surface area contributed by atoms with Crippen LogP contribution in [-0.4, -0.2) is 37.4 Å². The summed E-state index contributed by atoms with van der Waals surface area (Å²) >= 11 is 0. The highest BCUT2D eigenvalue weighted by Crippen LogP contribution is 2.14. The van der Waals surface area contributed by atoms with Crippen LogP contribution in [0.15, 0.2) is 47.5 Å². The monoisotopic (exact) mass is 338 g/mol. The van der Waals surface area contributed by atoms with E-state index in [1.807, 2.05) is 36.4 Å².